The Balaban J connectivity index is 1.82. The van der Waals surface area contributed by atoms with Gasteiger partial charge in [0.15, 0.2) is 0 Å². The summed E-state index contributed by atoms with van der Waals surface area (Å²) in [6.45, 7) is 5.59. The van der Waals surface area contributed by atoms with Crippen molar-refractivity contribution >= 4 is 11.6 Å². The van der Waals surface area contributed by atoms with E-state index in [1.807, 2.05) is 18.2 Å². The zero-order valence-corrected chi connectivity index (χ0v) is 13.1. The predicted molar refractivity (Wildman–Crippen MR) is 82.5 cm³/mol. The van der Waals surface area contributed by atoms with Crippen molar-refractivity contribution in [2.45, 2.75) is 31.3 Å². The molecular formula is C16H24ClNO2. The molecule has 1 fully saturated rings. The molecule has 1 aromatic carbocycles. The SMILES string of the molecule is COC1(CNC[C@@H](C)c2cccc(Cl)c2)CCOCC1. The monoisotopic (exact) mass is 297 g/mol. The van der Waals surface area contributed by atoms with E-state index in [0.717, 1.165) is 44.2 Å². The second kappa shape index (κ2) is 7.41. The van der Waals surface area contributed by atoms with E-state index >= 15 is 0 Å². The summed E-state index contributed by atoms with van der Waals surface area (Å²) in [7, 11) is 1.80. The Morgan fingerprint density at radius 3 is 2.80 bits per heavy atom. The van der Waals surface area contributed by atoms with Crippen molar-refractivity contribution in [3.63, 3.8) is 0 Å². The first-order valence-corrected chi connectivity index (χ1v) is 7.62. The molecule has 0 bridgehead atoms. The van der Waals surface area contributed by atoms with E-state index in [9.17, 15) is 0 Å². The maximum absolute atomic E-state index is 6.03. The van der Waals surface area contributed by atoms with Gasteiger partial charge in [0.05, 0.1) is 5.60 Å². The molecule has 4 heteroatoms. The summed E-state index contributed by atoms with van der Waals surface area (Å²) >= 11 is 6.03. The molecule has 0 saturated carbocycles. The van der Waals surface area contributed by atoms with E-state index in [1.165, 1.54) is 5.56 Å². The molecule has 0 aromatic heterocycles. The van der Waals surface area contributed by atoms with Crippen LogP contribution in [0.1, 0.15) is 31.2 Å². The number of rotatable bonds is 6. The highest BCUT2D eigenvalue weighted by atomic mass is 35.5. The van der Waals surface area contributed by atoms with Crippen LogP contribution in [0, 0.1) is 0 Å². The first kappa shape index (κ1) is 15.8. The quantitative estimate of drug-likeness (QED) is 0.874. The Morgan fingerprint density at radius 1 is 1.40 bits per heavy atom. The molecule has 2 rings (SSSR count). The highest BCUT2D eigenvalue weighted by Gasteiger charge is 2.32. The smallest absolute Gasteiger partial charge is 0.0846 e. The maximum atomic E-state index is 6.03. The molecule has 0 aliphatic carbocycles. The van der Waals surface area contributed by atoms with Gasteiger partial charge in [-0.2, -0.15) is 0 Å². The van der Waals surface area contributed by atoms with Crippen LogP contribution in [0.25, 0.3) is 0 Å². The molecule has 1 N–H and O–H groups in total. The van der Waals surface area contributed by atoms with E-state index < -0.39 is 0 Å². The fraction of sp³-hybridized carbons (Fsp3) is 0.625. The first-order valence-electron chi connectivity index (χ1n) is 7.24. The van der Waals surface area contributed by atoms with Crippen LogP contribution in [0.5, 0.6) is 0 Å². The fourth-order valence-corrected chi connectivity index (χ4v) is 2.84. The molecule has 112 valence electrons. The molecule has 1 atom stereocenters. The Labute approximate surface area is 126 Å². The van der Waals surface area contributed by atoms with Crippen LogP contribution in [0.2, 0.25) is 5.02 Å². The van der Waals surface area contributed by atoms with Gasteiger partial charge >= 0.3 is 0 Å². The molecule has 20 heavy (non-hydrogen) atoms. The van der Waals surface area contributed by atoms with Crippen molar-refractivity contribution in [1.82, 2.24) is 5.32 Å². The van der Waals surface area contributed by atoms with E-state index in [4.69, 9.17) is 21.1 Å². The largest absolute Gasteiger partial charge is 0.381 e. The van der Waals surface area contributed by atoms with Gasteiger partial charge in [0.25, 0.3) is 0 Å². The summed E-state index contributed by atoms with van der Waals surface area (Å²) in [4.78, 5) is 0. The van der Waals surface area contributed by atoms with Gasteiger partial charge in [-0.3, -0.25) is 0 Å². The van der Waals surface area contributed by atoms with E-state index in [-0.39, 0.29) is 5.60 Å². The molecule has 0 radical (unpaired) electrons. The van der Waals surface area contributed by atoms with Gasteiger partial charge in [0.2, 0.25) is 0 Å². The number of nitrogens with one attached hydrogen (secondary N) is 1. The Morgan fingerprint density at radius 2 is 2.15 bits per heavy atom. The average Bonchev–Trinajstić information content (AvgIpc) is 2.48. The number of hydrogen-bond acceptors (Lipinski definition) is 3. The molecule has 0 spiro atoms. The van der Waals surface area contributed by atoms with Crippen LogP contribution in [0.3, 0.4) is 0 Å². The molecule has 1 heterocycles. The topological polar surface area (TPSA) is 30.5 Å². The minimum atomic E-state index is -0.0632. The number of benzene rings is 1. The third-order valence-corrected chi connectivity index (χ3v) is 4.39. The Kier molecular flexibility index (Phi) is 5.85. The summed E-state index contributed by atoms with van der Waals surface area (Å²) in [6, 6.07) is 8.07. The molecule has 3 nitrogen and oxygen atoms in total. The fourth-order valence-electron chi connectivity index (χ4n) is 2.64. The van der Waals surface area contributed by atoms with Gasteiger partial charge in [-0.05, 0) is 23.6 Å². The molecule has 0 unspecified atom stereocenters. The average molecular weight is 298 g/mol. The second-order valence-electron chi connectivity index (χ2n) is 5.59. The van der Waals surface area contributed by atoms with Gasteiger partial charge < -0.3 is 14.8 Å². The van der Waals surface area contributed by atoms with Crippen molar-refractivity contribution in [1.29, 1.82) is 0 Å². The zero-order chi connectivity index (χ0) is 14.4. The minimum absolute atomic E-state index is 0.0632. The van der Waals surface area contributed by atoms with Crippen LogP contribution in [-0.4, -0.2) is 39.0 Å². The standard InChI is InChI=1S/C16H24ClNO2/c1-13(14-4-3-5-15(17)10-14)11-18-12-16(19-2)6-8-20-9-7-16/h3-5,10,13,18H,6-9,11-12H2,1-2H3/t13-/m1/s1. The van der Waals surface area contributed by atoms with Crippen LogP contribution in [0.4, 0.5) is 0 Å². The van der Waals surface area contributed by atoms with Crippen LogP contribution >= 0.6 is 11.6 Å². The lowest BCUT2D eigenvalue weighted by atomic mass is 9.93. The van der Waals surface area contributed by atoms with Crippen LogP contribution in [-0.2, 0) is 9.47 Å². The summed E-state index contributed by atoms with van der Waals surface area (Å²) in [5, 5.41) is 4.34. The number of halogens is 1. The molecule has 1 aliphatic rings. The van der Waals surface area contributed by atoms with Gasteiger partial charge in [0, 0.05) is 51.3 Å². The molecule has 1 aliphatic heterocycles. The van der Waals surface area contributed by atoms with Crippen molar-refractivity contribution in [2.24, 2.45) is 0 Å². The lowest BCUT2D eigenvalue weighted by molar-refractivity contribution is -0.0875. The Hall–Kier alpha value is -0.610. The second-order valence-corrected chi connectivity index (χ2v) is 6.02. The molecule has 0 amide bonds. The van der Waals surface area contributed by atoms with E-state index in [2.05, 4.69) is 18.3 Å². The van der Waals surface area contributed by atoms with Crippen molar-refractivity contribution in [3.8, 4) is 0 Å². The van der Waals surface area contributed by atoms with Crippen molar-refractivity contribution in [3.05, 3.63) is 34.9 Å². The van der Waals surface area contributed by atoms with Crippen LogP contribution < -0.4 is 5.32 Å². The summed E-state index contributed by atoms with van der Waals surface area (Å²) in [5.74, 6) is 0.433. The lowest BCUT2D eigenvalue weighted by Crippen LogP contribution is -2.47. The first-order chi connectivity index (χ1) is 9.65. The lowest BCUT2D eigenvalue weighted by Gasteiger charge is -2.36. The predicted octanol–water partition coefficient (Wildman–Crippen LogP) is 3.23. The highest BCUT2D eigenvalue weighted by Crippen LogP contribution is 2.24. The van der Waals surface area contributed by atoms with E-state index in [0.29, 0.717) is 5.92 Å². The molecule has 1 aromatic rings. The summed E-state index contributed by atoms with van der Waals surface area (Å²) in [6.07, 6.45) is 1.92. The van der Waals surface area contributed by atoms with Gasteiger partial charge in [-0.15, -0.1) is 0 Å². The van der Waals surface area contributed by atoms with Gasteiger partial charge in [-0.1, -0.05) is 30.7 Å². The van der Waals surface area contributed by atoms with E-state index in [1.54, 1.807) is 7.11 Å². The Bertz CT molecular complexity index is 419. The zero-order valence-electron chi connectivity index (χ0n) is 12.3. The highest BCUT2D eigenvalue weighted by molar-refractivity contribution is 6.30. The number of ether oxygens (including phenoxy) is 2. The molecular weight excluding hydrogens is 274 g/mol. The number of hydrogen-bond donors (Lipinski definition) is 1. The van der Waals surface area contributed by atoms with Crippen molar-refractivity contribution in [2.75, 3.05) is 33.4 Å². The third kappa shape index (κ3) is 4.19. The third-order valence-electron chi connectivity index (χ3n) is 4.15. The van der Waals surface area contributed by atoms with Crippen molar-refractivity contribution < 1.29 is 9.47 Å². The number of methoxy groups -OCH3 is 1. The summed E-state index contributed by atoms with van der Waals surface area (Å²) < 4.78 is 11.1. The maximum Gasteiger partial charge on any atom is 0.0846 e. The summed E-state index contributed by atoms with van der Waals surface area (Å²) in [5.41, 5.74) is 1.20. The normalized spacial score (nSPS) is 19.8. The van der Waals surface area contributed by atoms with Crippen LogP contribution in [0.15, 0.2) is 24.3 Å². The molecule has 1 saturated heterocycles. The van der Waals surface area contributed by atoms with Gasteiger partial charge in [0.1, 0.15) is 0 Å². The van der Waals surface area contributed by atoms with Gasteiger partial charge in [-0.25, -0.2) is 0 Å². The minimum Gasteiger partial charge on any atom is -0.381 e.